The number of hydrogen-bond donors (Lipinski definition) is 1. The minimum Gasteiger partial charge on any atom is -0.495 e. The Labute approximate surface area is 176 Å². The summed E-state index contributed by atoms with van der Waals surface area (Å²) < 4.78 is 16.3. The van der Waals surface area contributed by atoms with E-state index in [1.165, 1.54) is 0 Å². The minimum absolute atomic E-state index is 0.147. The van der Waals surface area contributed by atoms with Crippen LogP contribution in [0.25, 0.3) is 0 Å². The van der Waals surface area contributed by atoms with Crippen molar-refractivity contribution in [2.75, 3.05) is 19.2 Å². The van der Waals surface area contributed by atoms with Crippen LogP contribution < -0.4 is 19.5 Å². The lowest BCUT2D eigenvalue weighted by atomic mass is 10.1. The smallest absolute Gasteiger partial charge is 0.322 e. The fourth-order valence-corrected chi connectivity index (χ4v) is 3.47. The molecule has 3 aromatic carbocycles. The molecule has 1 heterocycles. The van der Waals surface area contributed by atoms with Gasteiger partial charge in [0.25, 0.3) is 0 Å². The minimum atomic E-state index is -0.214. The first-order valence-corrected chi connectivity index (χ1v) is 9.80. The SMILES string of the molecule is COc1ccccc1NC(=O)N(Cc1ccc2c(c1)OCO2)C(C)c1ccccc1. The maximum Gasteiger partial charge on any atom is 0.322 e. The van der Waals surface area contributed by atoms with Crippen LogP contribution in [0.4, 0.5) is 10.5 Å². The van der Waals surface area contributed by atoms with Gasteiger partial charge in [0.15, 0.2) is 11.5 Å². The van der Waals surface area contributed by atoms with Gasteiger partial charge in [-0.3, -0.25) is 0 Å². The van der Waals surface area contributed by atoms with Crippen molar-refractivity contribution in [1.82, 2.24) is 4.90 Å². The lowest BCUT2D eigenvalue weighted by Gasteiger charge is -2.30. The molecule has 1 unspecified atom stereocenters. The molecule has 0 spiro atoms. The number of anilines is 1. The van der Waals surface area contributed by atoms with Crippen LogP contribution in [-0.4, -0.2) is 24.8 Å². The molecule has 0 aliphatic carbocycles. The van der Waals surface area contributed by atoms with E-state index in [0.717, 1.165) is 16.9 Å². The van der Waals surface area contributed by atoms with Gasteiger partial charge in [-0.25, -0.2) is 4.79 Å². The number of hydrogen-bond acceptors (Lipinski definition) is 4. The zero-order valence-electron chi connectivity index (χ0n) is 17.0. The third-order valence-electron chi connectivity index (χ3n) is 5.15. The van der Waals surface area contributed by atoms with E-state index < -0.39 is 0 Å². The molecule has 0 saturated heterocycles. The molecule has 1 aliphatic rings. The molecule has 4 rings (SSSR count). The fraction of sp³-hybridized carbons (Fsp3) is 0.208. The zero-order valence-corrected chi connectivity index (χ0v) is 17.0. The van der Waals surface area contributed by atoms with Gasteiger partial charge in [0, 0.05) is 6.54 Å². The van der Waals surface area contributed by atoms with Crippen LogP contribution in [-0.2, 0) is 6.54 Å². The highest BCUT2D eigenvalue weighted by Gasteiger charge is 2.24. The number of ether oxygens (including phenoxy) is 3. The number of nitrogens with zero attached hydrogens (tertiary/aromatic N) is 1. The molecule has 3 aromatic rings. The van der Waals surface area contributed by atoms with Gasteiger partial charge >= 0.3 is 6.03 Å². The van der Waals surface area contributed by atoms with Gasteiger partial charge in [-0.05, 0) is 42.3 Å². The average molecular weight is 404 g/mol. The van der Waals surface area contributed by atoms with Crippen LogP contribution in [0.3, 0.4) is 0 Å². The summed E-state index contributed by atoms with van der Waals surface area (Å²) in [5.74, 6) is 2.03. The monoisotopic (exact) mass is 404 g/mol. The molecule has 6 heteroatoms. The average Bonchev–Trinajstić information content (AvgIpc) is 3.26. The maximum atomic E-state index is 13.3. The van der Waals surface area contributed by atoms with E-state index in [0.29, 0.717) is 23.7 Å². The van der Waals surface area contributed by atoms with Gasteiger partial charge in [-0.1, -0.05) is 48.5 Å². The maximum absolute atomic E-state index is 13.3. The molecule has 1 aliphatic heterocycles. The number of methoxy groups -OCH3 is 1. The molecule has 2 amide bonds. The zero-order chi connectivity index (χ0) is 20.9. The molecule has 154 valence electrons. The number of rotatable bonds is 6. The summed E-state index contributed by atoms with van der Waals surface area (Å²) in [6.07, 6.45) is 0. The molecule has 0 bridgehead atoms. The normalized spacial score (nSPS) is 12.9. The molecule has 6 nitrogen and oxygen atoms in total. The standard InChI is InChI=1S/C24H24N2O4/c1-17(19-8-4-3-5-9-19)26(15-18-12-13-22-23(14-18)30-16-29-22)24(27)25-20-10-6-7-11-21(20)28-2/h3-14,17H,15-16H2,1-2H3,(H,25,27). The van der Waals surface area contributed by atoms with E-state index >= 15 is 0 Å². The Morgan fingerprint density at radius 2 is 1.77 bits per heavy atom. The lowest BCUT2D eigenvalue weighted by molar-refractivity contribution is 0.173. The van der Waals surface area contributed by atoms with E-state index in [9.17, 15) is 4.79 Å². The van der Waals surface area contributed by atoms with Crippen molar-refractivity contribution in [2.45, 2.75) is 19.5 Å². The van der Waals surface area contributed by atoms with Crippen molar-refractivity contribution >= 4 is 11.7 Å². The van der Waals surface area contributed by atoms with Crippen molar-refractivity contribution in [3.8, 4) is 17.2 Å². The molecule has 0 fully saturated rings. The first-order valence-electron chi connectivity index (χ1n) is 9.80. The summed E-state index contributed by atoms with van der Waals surface area (Å²) >= 11 is 0. The number of fused-ring (bicyclic) bond motifs is 1. The number of benzene rings is 3. The summed E-state index contributed by atoms with van der Waals surface area (Å²) in [6, 6.07) is 22.7. The van der Waals surface area contributed by atoms with E-state index in [2.05, 4.69) is 5.32 Å². The van der Waals surface area contributed by atoms with Gasteiger partial charge < -0.3 is 24.4 Å². The molecular formula is C24H24N2O4. The Hall–Kier alpha value is -3.67. The van der Waals surface area contributed by atoms with Crippen molar-refractivity contribution < 1.29 is 19.0 Å². The highest BCUT2D eigenvalue weighted by molar-refractivity contribution is 5.91. The number of carbonyl (C=O) groups is 1. The summed E-state index contributed by atoms with van der Waals surface area (Å²) in [4.78, 5) is 15.1. The largest absolute Gasteiger partial charge is 0.495 e. The second-order valence-corrected chi connectivity index (χ2v) is 7.03. The van der Waals surface area contributed by atoms with Gasteiger partial charge in [0.1, 0.15) is 5.75 Å². The van der Waals surface area contributed by atoms with E-state index in [-0.39, 0.29) is 18.9 Å². The molecule has 1 N–H and O–H groups in total. The highest BCUT2D eigenvalue weighted by Crippen LogP contribution is 2.34. The highest BCUT2D eigenvalue weighted by atomic mass is 16.7. The van der Waals surface area contributed by atoms with Crippen LogP contribution in [0.2, 0.25) is 0 Å². The molecule has 0 saturated carbocycles. The molecular weight excluding hydrogens is 380 g/mol. The fourth-order valence-electron chi connectivity index (χ4n) is 3.47. The Balaban J connectivity index is 1.62. The van der Waals surface area contributed by atoms with E-state index in [1.807, 2.05) is 79.7 Å². The number of nitrogens with one attached hydrogen (secondary N) is 1. The summed E-state index contributed by atoms with van der Waals surface area (Å²) in [7, 11) is 1.59. The van der Waals surface area contributed by atoms with Gasteiger partial charge in [-0.2, -0.15) is 0 Å². The Morgan fingerprint density at radius 1 is 1.03 bits per heavy atom. The Kier molecular flexibility index (Phi) is 5.75. The van der Waals surface area contributed by atoms with Crippen molar-refractivity contribution in [3.63, 3.8) is 0 Å². The number of urea groups is 1. The van der Waals surface area contributed by atoms with Crippen LogP contribution in [0.15, 0.2) is 72.8 Å². The molecule has 30 heavy (non-hydrogen) atoms. The van der Waals surface area contributed by atoms with Crippen molar-refractivity contribution in [3.05, 3.63) is 83.9 Å². The predicted octanol–water partition coefficient (Wildman–Crippen LogP) is 5.22. The Morgan fingerprint density at radius 3 is 2.57 bits per heavy atom. The van der Waals surface area contributed by atoms with Gasteiger partial charge in [0.2, 0.25) is 6.79 Å². The van der Waals surface area contributed by atoms with E-state index in [1.54, 1.807) is 12.0 Å². The second kappa shape index (κ2) is 8.78. The predicted molar refractivity (Wildman–Crippen MR) is 115 cm³/mol. The third-order valence-corrected chi connectivity index (χ3v) is 5.15. The molecule has 0 aromatic heterocycles. The first-order chi connectivity index (χ1) is 14.7. The van der Waals surface area contributed by atoms with Crippen molar-refractivity contribution in [2.24, 2.45) is 0 Å². The summed E-state index contributed by atoms with van der Waals surface area (Å²) in [5.41, 5.74) is 2.63. The van der Waals surface area contributed by atoms with Crippen LogP contribution in [0.1, 0.15) is 24.1 Å². The molecule has 1 atom stereocenters. The summed E-state index contributed by atoms with van der Waals surface area (Å²) in [5, 5.41) is 2.99. The van der Waals surface area contributed by atoms with Crippen LogP contribution >= 0.6 is 0 Å². The van der Waals surface area contributed by atoms with Crippen LogP contribution in [0.5, 0.6) is 17.2 Å². The third kappa shape index (κ3) is 4.17. The quantitative estimate of drug-likeness (QED) is 0.612. The Bertz CT molecular complexity index is 1020. The van der Waals surface area contributed by atoms with E-state index in [4.69, 9.17) is 14.2 Å². The molecule has 0 radical (unpaired) electrons. The number of amides is 2. The first kappa shape index (κ1) is 19.6. The number of carbonyl (C=O) groups excluding carboxylic acids is 1. The van der Waals surface area contributed by atoms with Gasteiger partial charge in [-0.15, -0.1) is 0 Å². The van der Waals surface area contributed by atoms with Crippen molar-refractivity contribution in [1.29, 1.82) is 0 Å². The lowest BCUT2D eigenvalue weighted by Crippen LogP contribution is -2.36. The number of para-hydroxylation sites is 2. The van der Waals surface area contributed by atoms with Crippen LogP contribution in [0, 0.1) is 0 Å². The second-order valence-electron chi connectivity index (χ2n) is 7.03. The van der Waals surface area contributed by atoms with Gasteiger partial charge in [0.05, 0.1) is 18.8 Å². The topological polar surface area (TPSA) is 60.0 Å². The summed E-state index contributed by atoms with van der Waals surface area (Å²) in [6.45, 7) is 2.65.